The molecule has 2 amide bonds. The zero-order valence-electron chi connectivity index (χ0n) is 17.5. The number of nitrogens with zero attached hydrogens (tertiary/aromatic N) is 2. The van der Waals surface area contributed by atoms with E-state index in [9.17, 15) is 14.4 Å². The van der Waals surface area contributed by atoms with Gasteiger partial charge in [0.25, 0.3) is 11.5 Å². The third kappa shape index (κ3) is 5.27. The van der Waals surface area contributed by atoms with Crippen LogP contribution in [0.25, 0.3) is 5.69 Å². The maximum Gasteiger partial charge on any atom is 0.410 e. The van der Waals surface area contributed by atoms with Crippen LogP contribution in [0.2, 0.25) is 0 Å². The van der Waals surface area contributed by atoms with Crippen molar-refractivity contribution in [3.05, 3.63) is 64.6 Å². The fourth-order valence-electron chi connectivity index (χ4n) is 3.28. The van der Waals surface area contributed by atoms with E-state index in [4.69, 9.17) is 10.5 Å². The first-order valence-corrected chi connectivity index (χ1v) is 9.96. The van der Waals surface area contributed by atoms with Crippen molar-refractivity contribution in [3.63, 3.8) is 0 Å². The van der Waals surface area contributed by atoms with Gasteiger partial charge in [0.05, 0.1) is 6.04 Å². The number of nitrogens with one attached hydrogen (secondary N) is 1. The van der Waals surface area contributed by atoms with Crippen LogP contribution in [-0.2, 0) is 4.74 Å². The number of rotatable bonds is 3. The van der Waals surface area contributed by atoms with Crippen LogP contribution in [0.4, 0.5) is 4.79 Å². The molecule has 0 bridgehead atoms. The summed E-state index contributed by atoms with van der Waals surface area (Å²) in [5.41, 5.74) is 6.56. The minimum Gasteiger partial charge on any atom is -0.444 e. The Labute approximate surface area is 175 Å². The van der Waals surface area contributed by atoms with Crippen LogP contribution in [0, 0.1) is 0 Å². The van der Waals surface area contributed by atoms with Crippen molar-refractivity contribution in [2.45, 2.75) is 44.9 Å². The SMILES string of the molecule is CC(C)(C)OC(=O)N1CC[C@H](N)[C@H](NC(=O)c2ccc(-n3ccccc3=O)cc2)C1. The zero-order chi connectivity index (χ0) is 21.9. The van der Waals surface area contributed by atoms with Crippen LogP contribution >= 0.6 is 0 Å². The van der Waals surface area contributed by atoms with E-state index in [-0.39, 0.29) is 23.6 Å². The monoisotopic (exact) mass is 412 g/mol. The van der Waals surface area contributed by atoms with Crippen LogP contribution in [-0.4, -0.2) is 52.2 Å². The molecule has 8 nitrogen and oxygen atoms in total. The summed E-state index contributed by atoms with van der Waals surface area (Å²) in [5.74, 6) is -0.284. The van der Waals surface area contributed by atoms with Gasteiger partial charge in [-0.3, -0.25) is 14.2 Å². The summed E-state index contributed by atoms with van der Waals surface area (Å²) in [6.45, 7) is 6.22. The van der Waals surface area contributed by atoms with Crippen molar-refractivity contribution in [3.8, 4) is 5.69 Å². The number of carbonyl (C=O) groups excluding carboxylic acids is 2. The molecule has 8 heteroatoms. The lowest BCUT2D eigenvalue weighted by atomic mass is 10.00. The second-order valence-corrected chi connectivity index (χ2v) is 8.41. The number of likely N-dealkylation sites (tertiary alicyclic amines) is 1. The van der Waals surface area contributed by atoms with Crippen molar-refractivity contribution in [1.82, 2.24) is 14.8 Å². The second kappa shape index (κ2) is 8.71. The summed E-state index contributed by atoms with van der Waals surface area (Å²) in [4.78, 5) is 38.6. The van der Waals surface area contributed by atoms with E-state index < -0.39 is 11.7 Å². The minimum absolute atomic E-state index is 0.148. The largest absolute Gasteiger partial charge is 0.444 e. The van der Waals surface area contributed by atoms with Gasteiger partial charge < -0.3 is 20.7 Å². The second-order valence-electron chi connectivity index (χ2n) is 8.41. The van der Waals surface area contributed by atoms with Gasteiger partial charge >= 0.3 is 6.09 Å². The van der Waals surface area contributed by atoms with E-state index in [2.05, 4.69) is 5.32 Å². The molecule has 3 N–H and O–H groups in total. The molecular weight excluding hydrogens is 384 g/mol. The molecule has 3 rings (SSSR count). The van der Waals surface area contributed by atoms with Gasteiger partial charge in [0.15, 0.2) is 0 Å². The number of piperidine rings is 1. The Morgan fingerprint density at radius 2 is 1.83 bits per heavy atom. The number of benzene rings is 1. The lowest BCUT2D eigenvalue weighted by Crippen LogP contribution is -2.59. The van der Waals surface area contributed by atoms with Crippen molar-refractivity contribution in [2.24, 2.45) is 5.73 Å². The highest BCUT2D eigenvalue weighted by molar-refractivity contribution is 5.94. The first kappa shape index (κ1) is 21.6. The van der Waals surface area contributed by atoms with E-state index >= 15 is 0 Å². The molecule has 30 heavy (non-hydrogen) atoms. The van der Waals surface area contributed by atoms with E-state index in [0.29, 0.717) is 30.8 Å². The average molecular weight is 412 g/mol. The molecule has 2 heterocycles. The lowest BCUT2D eigenvalue weighted by Gasteiger charge is -2.37. The van der Waals surface area contributed by atoms with Gasteiger partial charge in [0.1, 0.15) is 5.60 Å². The Bertz CT molecular complexity index is 962. The Morgan fingerprint density at radius 1 is 1.13 bits per heavy atom. The highest BCUT2D eigenvalue weighted by Gasteiger charge is 2.32. The molecular formula is C22H28N4O4. The molecule has 2 aromatic rings. The van der Waals surface area contributed by atoms with Gasteiger partial charge in [-0.2, -0.15) is 0 Å². The zero-order valence-corrected chi connectivity index (χ0v) is 17.5. The summed E-state index contributed by atoms with van der Waals surface area (Å²) >= 11 is 0. The Kier molecular flexibility index (Phi) is 6.26. The van der Waals surface area contributed by atoms with Gasteiger partial charge in [-0.15, -0.1) is 0 Å². The summed E-state index contributed by atoms with van der Waals surface area (Å²) in [6.07, 6.45) is 1.83. The molecule has 1 aromatic heterocycles. The van der Waals surface area contributed by atoms with Crippen LogP contribution in [0.3, 0.4) is 0 Å². The van der Waals surface area contributed by atoms with Crippen molar-refractivity contribution in [2.75, 3.05) is 13.1 Å². The Balaban J connectivity index is 1.66. The summed E-state index contributed by atoms with van der Waals surface area (Å²) in [5, 5.41) is 2.92. The summed E-state index contributed by atoms with van der Waals surface area (Å²) in [7, 11) is 0. The molecule has 0 spiro atoms. The van der Waals surface area contributed by atoms with Gasteiger partial charge in [-0.05, 0) is 57.5 Å². The highest BCUT2D eigenvalue weighted by Crippen LogP contribution is 2.16. The first-order valence-electron chi connectivity index (χ1n) is 9.96. The standard InChI is InChI=1S/C22H28N4O4/c1-22(2,3)30-21(29)25-13-11-17(23)18(14-25)24-20(28)15-7-9-16(10-8-15)26-12-5-4-6-19(26)27/h4-10,12,17-18H,11,13-14,23H2,1-3H3,(H,24,28)/t17-,18+/m0/s1. The van der Waals surface area contributed by atoms with Crippen LogP contribution in [0.5, 0.6) is 0 Å². The van der Waals surface area contributed by atoms with Gasteiger partial charge in [0, 0.05) is 42.6 Å². The predicted octanol–water partition coefficient (Wildman–Crippen LogP) is 1.90. The number of nitrogens with two attached hydrogens (primary N) is 1. The normalized spacial score (nSPS) is 19.3. The highest BCUT2D eigenvalue weighted by atomic mass is 16.6. The molecule has 0 unspecified atom stereocenters. The molecule has 2 atom stereocenters. The molecule has 0 aliphatic carbocycles. The number of aromatic nitrogens is 1. The van der Waals surface area contributed by atoms with Crippen molar-refractivity contribution < 1.29 is 14.3 Å². The minimum atomic E-state index is -0.585. The van der Waals surface area contributed by atoms with Gasteiger partial charge in [-0.25, -0.2) is 4.79 Å². The van der Waals surface area contributed by atoms with Crippen LogP contribution < -0.4 is 16.6 Å². The molecule has 1 aliphatic heterocycles. The first-order chi connectivity index (χ1) is 14.1. The van der Waals surface area contributed by atoms with Gasteiger partial charge in [0.2, 0.25) is 0 Å². The van der Waals surface area contributed by atoms with E-state index in [1.807, 2.05) is 20.8 Å². The predicted molar refractivity (Wildman–Crippen MR) is 114 cm³/mol. The maximum atomic E-state index is 12.7. The van der Waals surface area contributed by atoms with E-state index in [1.165, 1.54) is 10.6 Å². The molecule has 1 aliphatic rings. The summed E-state index contributed by atoms with van der Waals surface area (Å²) < 4.78 is 6.92. The van der Waals surface area contributed by atoms with E-state index in [1.54, 1.807) is 47.5 Å². The fraction of sp³-hybridized carbons (Fsp3) is 0.409. The smallest absolute Gasteiger partial charge is 0.410 e. The molecule has 1 saturated heterocycles. The summed E-state index contributed by atoms with van der Waals surface area (Å²) in [6, 6.07) is 11.0. The third-order valence-electron chi connectivity index (χ3n) is 4.86. The molecule has 0 radical (unpaired) electrons. The molecule has 160 valence electrons. The van der Waals surface area contributed by atoms with Crippen LogP contribution in [0.1, 0.15) is 37.6 Å². The quantitative estimate of drug-likeness (QED) is 0.801. The number of hydrogen-bond donors (Lipinski definition) is 2. The van der Waals surface area contributed by atoms with Gasteiger partial charge in [-0.1, -0.05) is 6.07 Å². The number of carbonyl (C=O) groups is 2. The Hall–Kier alpha value is -3.13. The number of amides is 2. The number of hydrogen-bond acceptors (Lipinski definition) is 5. The van der Waals surface area contributed by atoms with E-state index in [0.717, 1.165) is 0 Å². The van der Waals surface area contributed by atoms with Crippen molar-refractivity contribution >= 4 is 12.0 Å². The molecule has 1 aromatic carbocycles. The topological polar surface area (TPSA) is 107 Å². The third-order valence-corrected chi connectivity index (χ3v) is 4.86. The fourth-order valence-corrected chi connectivity index (χ4v) is 3.28. The number of pyridine rings is 1. The molecule has 0 saturated carbocycles. The van der Waals surface area contributed by atoms with Crippen molar-refractivity contribution in [1.29, 1.82) is 0 Å². The number of ether oxygens (including phenoxy) is 1. The maximum absolute atomic E-state index is 12.7. The average Bonchev–Trinajstić information content (AvgIpc) is 2.69. The van der Waals surface area contributed by atoms with Crippen LogP contribution in [0.15, 0.2) is 53.5 Å². The molecule has 1 fully saturated rings. The lowest BCUT2D eigenvalue weighted by molar-refractivity contribution is 0.0172. The Morgan fingerprint density at radius 3 is 2.47 bits per heavy atom.